The molecule has 19 heavy (non-hydrogen) atoms. The maximum atomic E-state index is 6.53. The highest BCUT2D eigenvalue weighted by molar-refractivity contribution is 5.35. The van der Waals surface area contributed by atoms with Crippen LogP contribution in [0.1, 0.15) is 56.2 Å². The molecule has 0 saturated heterocycles. The molecule has 1 aromatic carbocycles. The van der Waals surface area contributed by atoms with E-state index in [1.165, 1.54) is 44.1 Å². The molecule has 0 heterocycles. The van der Waals surface area contributed by atoms with E-state index >= 15 is 0 Å². The number of aryl methyl sites for hydroxylation is 2. The first-order valence-corrected chi connectivity index (χ1v) is 7.92. The Morgan fingerprint density at radius 2 is 2.00 bits per heavy atom. The Kier molecular flexibility index (Phi) is 3.42. The van der Waals surface area contributed by atoms with E-state index in [-0.39, 0.29) is 0 Å². The van der Waals surface area contributed by atoms with E-state index in [9.17, 15) is 0 Å². The molecule has 2 unspecified atom stereocenters. The van der Waals surface area contributed by atoms with Gasteiger partial charge in [0.1, 0.15) is 0 Å². The van der Waals surface area contributed by atoms with Gasteiger partial charge in [-0.25, -0.2) is 0 Å². The van der Waals surface area contributed by atoms with E-state index in [1.54, 1.807) is 11.1 Å². The predicted octanol–water partition coefficient (Wildman–Crippen LogP) is 3.87. The zero-order chi connectivity index (χ0) is 13.5. The smallest absolute Gasteiger partial charge is 0.0113 e. The highest BCUT2D eigenvalue weighted by Gasteiger charge is 2.37. The average molecular weight is 257 g/mol. The number of fused-ring (bicyclic) bond motifs is 1. The summed E-state index contributed by atoms with van der Waals surface area (Å²) in [5.74, 6) is 0.695. The van der Waals surface area contributed by atoms with Crippen molar-refractivity contribution in [1.29, 1.82) is 0 Å². The lowest BCUT2D eigenvalue weighted by atomic mass is 9.76. The molecule has 0 bridgehead atoms. The van der Waals surface area contributed by atoms with Gasteiger partial charge in [0.05, 0.1) is 0 Å². The Bertz CT molecular complexity index is 461. The second kappa shape index (κ2) is 4.94. The van der Waals surface area contributed by atoms with Gasteiger partial charge in [0.15, 0.2) is 0 Å². The van der Waals surface area contributed by atoms with E-state index in [1.807, 2.05) is 0 Å². The molecule has 1 nitrogen and oxygen atoms in total. The monoisotopic (exact) mass is 257 g/mol. The molecule has 0 aliphatic heterocycles. The van der Waals surface area contributed by atoms with Gasteiger partial charge in [-0.3, -0.25) is 0 Å². The van der Waals surface area contributed by atoms with Gasteiger partial charge in [0.25, 0.3) is 0 Å². The number of nitrogens with two attached hydrogens (primary N) is 1. The summed E-state index contributed by atoms with van der Waals surface area (Å²) in [4.78, 5) is 0. The first-order chi connectivity index (χ1) is 9.06. The second-order valence-electron chi connectivity index (χ2n) is 7.31. The number of hydrogen-bond acceptors (Lipinski definition) is 1. The van der Waals surface area contributed by atoms with Gasteiger partial charge in [-0.05, 0) is 66.5 Å². The van der Waals surface area contributed by atoms with Crippen LogP contribution in [0.2, 0.25) is 0 Å². The molecule has 0 radical (unpaired) electrons. The fraction of sp³-hybridized carbons (Fsp3) is 0.667. The van der Waals surface area contributed by atoms with Crippen LogP contribution in [0.15, 0.2) is 18.2 Å². The van der Waals surface area contributed by atoms with Crippen LogP contribution in [0.25, 0.3) is 0 Å². The summed E-state index contributed by atoms with van der Waals surface area (Å²) in [6.07, 6.45) is 8.96. The van der Waals surface area contributed by atoms with Crippen molar-refractivity contribution in [3.8, 4) is 0 Å². The zero-order valence-electron chi connectivity index (χ0n) is 12.4. The molecule has 3 rings (SSSR count). The van der Waals surface area contributed by atoms with Gasteiger partial charge >= 0.3 is 0 Å². The molecule has 0 aromatic heterocycles. The third kappa shape index (κ3) is 2.58. The average Bonchev–Trinajstić information content (AvgIpc) is 2.94. The van der Waals surface area contributed by atoms with Crippen molar-refractivity contribution in [2.45, 2.75) is 64.8 Å². The minimum absolute atomic E-state index is 0.331. The molecule has 1 aromatic rings. The Hall–Kier alpha value is -0.820. The van der Waals surface area contributed by atoms with E-state index in [2.05, 4.69) is 32.0 Å². The Morgan fingerprint density at radius 3 is 2.74 bits per heavy atom. The normalized spacial score (nSPS) is 26.4. The van der Waals surface area contributed by atoms with Crippen LogP contribution in [-0.2, 0) is 19.3 Å². The first-order valence-electron chi connectivity index (χ1n) is 7.92. The van der Waals surface area contributed by atoms with Crippen LogP contribution >= 0.6 is 0 Å². The van der Waals surface area contributed by atoms with Crippen LogP contribution in [-0.4, -0.2) is 6.04 Å². The first kappa shape index (κ1) is 13.2. The molecule has 0 amide bonds. The van der Waals surface area contributed by atoms with Crippen molar-refractivity contribution < 1.29 is 0 Å². The molecule has 2 aliphatic carbocycles. The van der Waals surface area contributed by atoms with Crippen LogP contribution in [0, 0.1) is 11.3 Å². The lowest BCUT2D eigenvalue weighted by Gasteiger charge is -2.32. The zero-order valence-corrected chi connectivity index (χ0v) is 12.4. The maximum Gasteiger partial charge on any atom is 0.0113 e. The molecule has 1 heteroatoms. The van der Waals surface area contributed by atoms with E-state index in [0.717, 1.165) is 6.42 Å². The van der Waals surface area contributed by atoms with Crippen molar-refractivity contribution in [3.05, 3.63) is 34.9 Å². The number of rotatable bonds is 3. The SMILES string of the molecule is CC1(C)CCCC1C(N)Cc1ccc2c(c1)CCC2. The molecular weight excluding hydrogens is 230 g/mol. The van der Waals surface area contributed by atoms with Crippen molar-refractivity contribution in [2.75, 3.05) is 0 Å². The standard InChI is InChI=1S/C18H27N/c1-18(2)10-4-7-16(18)17(19)12-13-8-9-14-5-3-6-15(14)11-13/h8-9,11,16-17H,3-7,10,12,19H2,1-2H3. The summed E-state index contributed by atoms with van der Waals surface area (Å²) in [6, 6.07) is 7.40. The van der Waals surface area contributed by atoms with E-state index < -0.39 is 0 Å². The minimum atomic E-state index is 0.331. The van der Waals surface area contributed by atoms with Gasteiger partial charge in [0, 0.05) is 6.04 Å². The highest BCUT2D eigenvalue weighted by Crippen LogP contribution is 2.44. The molecule has 104 valence electrons. The summed E-state index contributed by atoms with van der Waals surface area (Å²) < 4.78 is 0. The van der Waals surface area contributed by atoms with Crippen LogP contribution < -0.4 is 5.73 Å². The number of hydrogen-bond donors (Lipinski definition) is 1. The lowest BCUT2D eigenvalue weighted by Crippen LogP contribution is -2.38. The maximum absolute atomic E-state index is 6.53. The quantitative estimate of drug-likeness (QED) is 0.874. The van der Waals surface area contributed by atoms with Crippen LogP contribution in [0.5, 0.6) is 0 Å². The van der Waals surface area contributed by atoms with Gasteiger partial charge in [-0.15, -0.1) is 0 Å². The minimum Gasteiger partial charge on any atom is -0.327 e. The third-order valence-corrected chi connectivity index (χ3v) is 5.49. The predicted molar refractivity (Wildman–Crippen MR) is 81.3 cm³/mol. The van der Waals surface area contributed by atoms with Crippen LogP contribution in [0.3, 0.4) is 0 Å². The molecule has 1 saturated carbocycles. The molecule has 0 spiro atoms. The summed E-state index contributed by atoms with van der Waals surface area (Å²) in [5, 5.41) is 0. The lowest BCUT2D eigenvalue weighted by molar-refractivity contribution is 0.220. The Labute approximate surface area is 117 Å². The second-order valence-corrected chi connectivity index (χ2v) is 7.31. The topological polar surface area (TPSA) is 26.0 Å². The third-order valence-electron chi connectivity index (χ3n) is 5.49. The van der Waals surface area contributed by atoms with Crippen molar-refractivity contribution >= 4 is 0 Å². The van der Waals surface area contributed by atoms with Gasteiger partial charge in [0.2, 0.25) is 0 Å². The van der Waals surface area contributed by atoms with Crippen LogP contribution in [0.4, 0.5) is 0 Å². The molecule has 1 fully saturated rings. The largest absolute Gasteiger partial charge is 0.327 e. The van der Waals surface area contributed by atoms with Crippen molar-refractivity contribution in [3.63, 3.8) is 0 Å². The van der Waals surface area contributed by atoms with Gasteiger partial charge < -0.3 is 5.73 Å². The molecule has 2 N–H and O–H groups in total. The fourth-order valence-electron chi connectivity index (χ4n) is 4.31. The van der Waals surface area contributed by atoms with Gasteiger partial charge in [-0.2, -0.15) is 0 Å². The highest BCUT2D eigenvalue weighted by atomic mass is 14.7. The van der Waals surface area contributed by atoms with Crippen molar-refractivity contribution in [1.82, 2.24) is 0 Å². The van der Waals surface area contributed by atoms with Crippen molar-refractivity contribution in [2.24, 2.45) is 17.1 Å². The summed E-state index contributed by atoms with van der Waals surface area (Å²) in [5.41, 5.74) is 11.6. The summed E-state index contributed by atoms with van der Waals surface area (Å²) in [6.45, 7) is 4.79. The number of benzene rings is 1. The summed E-state index contributed by atoms with van der Waals surface area (Å²) in [7, 11) is 0. The molecular formula is C18H27N. The molecule has 2 atom stereocenters. The van der Waals surface area contributed by atoms with Gasteiger partial charge in [-0.1, -0.05) is 38.5 Å². The fourth-order valence-corrected chi connectivity index (χ4v) is 4.31. The Balaban J connectivity index is 1.71. The molecule has 2 aliphatic rings. The Morgan fingerprint density at radius 1 is 1.21 bits per heavy atom. The van der Waals surface area contributed by atoms with E-state index in [0.29, 0.717) is 17.4 Å². The van der Waals surface area contributed by atoms with E-state index in [4.69, 9.17) is 5.73 Å². The summed E-state index contributed by atoms with van der Waals surface area (Å²) >= 11 is 0.